The standard InChI is InChI=1S/C9H14.C5H5.Co/c1-9(2,3)8-6-4-5-7-8;1-2-4-5-3-1;/h4-8H,1-3H3;1-5H;. The van der Waals surface area contributed by atoms with Gasteiger partial charge in [0.25, 0.3) is 0 Å². The van der Waals surface area contributed by atoms with Gasteiger partial charge >= 0.3 is 0 Å². The molecule has 0 aromatic rings. The Morgan fingerprint density at radius 1 is 0.733 bits per heavy atom. The minimum Gasteiger partial charge on any atom is -0.0771 e. The minimum absolute atomic E-state index is 0. The molecule has 2 aliphatic rings. The maximum Gasteiger partial charge on any atom is 0.000136 e. The Hall–Kier alpha value is -0.0135. The first-order chi connectivity index (χ1) is 6.61. The molecule has 0 unspecified atom stereocenters. The van der Waals surface area contributed by atoms with Crippen LogP contribution in [0.2, 0.25) is 0 Å². The van der Waals surface area contributed by atoms with E-state index in [1.165, 1.54) is 0 Å². The Morgan fingerprint density at radius 2 is 1.07 bits per heavy atom. The number of allylic oxidation sites excluding steroid dienone is 4. The Bertz CT molecular complexity index is 184. The van der Waals surface area contributed by atoms with E-state index in [1.807, 2.05) is 32.1 Å². The Morgan fingerprint density at radius 3 is 1.27 bits per heavy atom. The Balaban J connectivity index is 0.000000280. The maximum atomic E-state index is 2.26. The molecule has 0 aromatic heterocycles. The van der Waals surface area contributed by atoms with E-state index in [9.17, 15) is 0 Å². The molecule has 0 N–H and O–H groups in total. The summed E-state index contributed by atoms with van der Waals surface area (Å²) in [4.78, 5) is 0. The van der Waals surface area contributed by atoms with E-state index in [4.69, 9.17) is 0 Å². The van der Waals surface area contributed by atoms with Crippen LogP contribution in [0.15, 0.2) is 24.3 Å². The summed E-state index contributed by atoms with van der Waals surface area (Å²) >= 11 is 0. The largest absolute Gasteiger partial charge is 0.0771 e. The zero-order valence-corrected chi connectivity index (χ0v) is 10.6. The van der Waals surface area contributed by atoms with Gasteiger partial charge in [-0.3, -0.25) is 0 Å². The SMILES string of the molecule is CC(C)(C)C1C=CC=C1.[CH]1[CH][CH][CH][CH]1.[Co]. The monoisotopic (exact) mass is 246 g/mol. The molecule has 2 rings (SSSR count). The molecule has 1 fully saturated rings. The van der Waals surface area contributed by atoms with E-state index in [0.717, 1.165) is 0 Å². The predicted octanol–water partition coefficient (Wildman–Crippen LogP) is 3.79. The van der Waals surface area contributed by atoms with Gasteiger partial charge in [0, 0.05) is 22.7 Å². The van der Waals surface area contributed by atoms with Gasteiger partial charge in [0.15, 0.2) is 0 Å². The zero-order valence-electron chi connectivity index (χ0n) is 9.61. The first kappa shape index (κ1) is 15.0. The quantitative estimate of drug-likeness (QED) is 0.610. The molecular formula is C14H19Co. The van der Waals surface area contributed by atoms with Gasteiger partial charge in [-0.1, -0.05) is 45.1 Å². The van der Waals surface area contributed by atoms with E-state index in [1.54, 1.807) is 0 Å². The first-order valence-corrected chi connectivity index (χ1v) is 5.12. The molecule has 0 saturated heterocycles. The van der Waals surface area contributed by atoms with Crippen molar-refractivity contribution in [2.24, 2.45) is 11.3 Å². The summed E-state index contributed by atoms with van der Waals surface area (Å²) in [5.41, 5.74) is 0.406. The maximum absolute atomic E-state index is 2.26. The van der Waals surface area contributed by atoms with Crippen LogP contribution in [0.4, 0.5) is 0 Å². The van der Waals surface area contributed by atoms with Crippen molar-refractivity contribution in [3.05, 3.63) is 56.4 Å². The molecule has 2 aliphatic carbocycles. The van der Waals surface area contributed by atoms with E-state index in [0.29, 0.717) is 11.3 Å². The molecule has 0 aliphatic heterocycles. The van der Waals surface area contributed by atoms with Crippen LogP contribution >= 0.6 is 0 Å². The second-order valence-corrected chi connectivity index (χ2v) is 4.62. The van der Waals surface area contributed by atoms with Crippen molar-refractivity contribution in [2.45, 2.75) is 20.8 Å². The fraction of sp³-hybridized carbons (Fsp3) is 0.357. The van der Waals surface area contributed by atoms with Gasteiger partial charge < -0.3 is 0 Å². The first-order valence-electron chi connectivity index (χ1n) is 5.12. The van der Waals surface area contributed by atoms with Crippen molar-refractivity contribution in [3.8, 4) is 0 Å². The van der Waals surface area contributed by atoms with Crippen LogP contribution in [0.1, 0.15) is 20.8 Å². The zero-order chi connectivity index (χ0) is 10.4. The molecule has 1 heteroatoms. The van der Waals surface area contributed by atoms with Gasteiger partial charge in [-0.2, -0.15) is 0 Å². The van der Waals surface area contributed by atoms with Crippen molar-refractivity contribution in [2.75, 3.05) is 0 Å². The molecule has 0 heterocycles. The fourth-order valence-corrected chi connectivity index (χ4v) is 1.33. The van der Waals surface area contributed by atoms with Gasteiger partial charge in [-0.15, -0.1) is 0 Å². The molecule has 0 bridgehead atoms. The van der Waals surface area contributed by atoms with Crippen molar-refractivity contribution < 1.29 is 16.8 Å². The third-order valence-electron chi connectivity index (χ3n) is 2.30. The molecule has 0 amide bonds. The average Bonchev–Trinajstić information content (AvgIpc) is 2.80. The predicted molar refractivity (Wildman–Crippen MR) is 62.7 cm³/mol. The molecule has 15 heavy (non-hydrogen) atoms. The summed E-state index contributed by atoms with van der Waals surface area (Å²) in [6.45, 7) is 6.78. The molecule has 0 atom stereocenters. The van der Waals surface area contributed by atoms with Crippen LogP contribution < -0.4 is 0 Å². The second kappa shape index (κ2) is 7.29. The molecule has 0 nitrogen and oxygen atoms in total. The van der Waals surface area contributed by atoms with Gasteiger partial charge in [-0.25, -0.2) is 0 Å². The van der Waals surface area contributed by atoms with Crippen LogP contribution in [0.3, 0.4) is 0 Å². The van der Waals surface area contributed by atoms with Crippen molar-refractivity contribution in [1.82, 2.24) is 0 Å². The summed E-state index contributed by atoms with van der Waals surface area (Å²) in [6, 6.07) is 0. The van der Waals surface area contributed by atoms with Crippen LogP contribution in [-0.4, -0.2) is 0 Å². The van der Waals surface area contributed by atoms with E-state index >= 15 is 0 Å². The van der Waals surface area contributed by atoms with E-state index < -0.39 is 0 Å². The molecular weight excluding hydrogens is 227 g/mol. The molecule has 0 spiro atoms. The summed E-state index contributed by atoms with van der Waals surface area (Å²) in [7, 11) is 0. The van der Waals surface area contributed by atoms with Gasteiger partial charge in [-0.05, 0) is 37.5 Å². The van der Waals surface area contributed by atoms with E-state index in [2.05, 4.69) is 45.1 Å². The molecule has 0 aromatic carbocycles. The van der Waals surface area contributed by atoms with Crippen LogP contribution in [0.25, 0.3) is 0 Å². The second-order valence-electron chi connectivity index (χ2n) is 4.62. The smallest absolute Gasteiger partial charge is 0.000136 e. The topological polar surface area (TPSA) is 0 Å². The third kappa shape index (κ3) is 6.21. The van der Waals surface area contributed by atoms with Gasteiger partial charge in [0.1, 0.15) is 0 Å². The van der Waals surface area contributed by atoms with Gasteiger partial charge in [0.2, 0.25) is 0 Å². The van der Waals surface area contributed by atoms with Crippen LogP contribution in [-0.2, 0) is 16.8 Å². The van der Waals surface area contributed by atoms with E-state index in [-0.39, 0.29) is 16.8 Å². The third-order valence-corrected chi connectivity index (χ3v) is 2.30. The summed E-state index contributed by atoms with van der Waals surface area (Å²) in [5.74, 6) is 0.650. The number of hydrogen-bond acceptors (Lipinski definition) is 0. The Labute approximate surface area is 105 Å². The van der Waals surface area contributed by atoms with Crippen molar-refractivity contribution in [3.63, 3.8) is 0 Å². The molecule has 6 radical (unpaired) electrons. The average molecular weight is 246 g/mol. The normalized spacial score (nSPS) is 19.7. The fourth-order valence-electron chi connectivity index (χ4n) is 1.33. The Kier molecular flexibility index (Phi) is 7.28. The van der Waals surface area contributed by atoms with Crippen LogP contribution in [0.5, 0.6) is 0 Å². The van der Waals surface area contributed by atoms with Crippen LogP contribution in [0, 0.1) is 43.4 Å². The van der Waals surface area contributed by atoms with Crippen molar-refractivity contribution in [1.29, 1.82) is 0 Å². The number of rotatable bonds is 0. The van der Waals surface area contributed by atoms with Gasteiger partial charge in [0.05, 0.1) is 0 Å². The minimum atomic E-state index is 0. The molecule has 84 valence electrons. The van der Waals surface area contributed by atoms with Crippen molar-refractivity contribution >= 4 is 0 Å². The number of hydrogen-bond donors (Lipinski definition) is 0. The summed E-state index contributed by atoms with van der Waals surface area (Å²) in [6.07, 6.45) is 18.7. The summed E-state index contributed by atoms with van der Waals surface area (Å²) in [5, 5.41) is 0. The summed E-state index contributed by atoms with van der Waals surface area (Å²) < 4.78 is 0. The molecule has 1 saturated carbocycles.